The van der Waals surface area contributed by atoms with Gasteiger partial charge >= 0.3 is 0 Å². The van der Waals surface area contributed by atoms with Gasteiger partial charge in [-0.05, 0) is 117 Å². The monoisotopic (exact) mass is 591 g/mol. The third-order valence-electron chi connectivity index (χ3n) is 13.4. The lowest BCUT2D eigenvalue weighted by atomic mass is 9.38. The van der Waals surface area contributed by atoms with Crippen LogP contribution >= 0.6 is 11.6 Å². The normalized spacial score (nSPS) is 36.9. The quantitative estimate of drug-likeness (QED) is 0.344. The Morgan fingerprint density at radius 3 is 2.50 bits per heavy atom. The van der Waals surface area contributed by atoms with E-state index in [2.05, 4.69) is 53.7 Å². The SMILES string of the molecule is C[C@H](CC[C@@H](O)C(C)(C)O)[C@H]1CC[C@@]2(C)[C@@H]3CC=C4[C@@H](Cc5cc6cc(Cl)ccc6nc5C4(C)C)[C@]3(C)C(=O)C[C@]12C. The van der Waals surface area contributed by atoms with E-state index in [1.54, 1.807) is 13.8 Å². The van der Waals surface area contributed by atoms with E-state index in [-0.39, 0.29) is 22.2 Å². The number of aliphatic hydroxyl groups excluding tert-OH is 1. The van der Waals surface area contributed by atoms with E-state index in [1.165, 1.54) is 11.1 Å². The molecule has 1 aromatic carbocycles. The Balaban J connectivity index is 1.36. The second-order valence-electron chi connectivity index (χ2n) is 16.2. The summed E-state index contributed by atoms with van der Waals surface area (Å²) < 4.78 is 0. The number of hydrogen-bond donors (Lipinski definition) is 2. The lowest BCUT2D eigenvalue weighted by Crippen LogP contribution is -2.63. The van der Waals surface area contributed by atoms with E-state index in [0.717, 1.165) is 53.7 Å². The molecule has 5 heteroatoms. The van der Waals surface area contributed by atoms with E-state index in [4.69, 9.17) is 16.6 Å². The predicted molar refractivity (Wildman–Crippen MR) is 171 cm³/mol. The summed E-state index contributed by atoms with van der Waals surface area (Å²) in [6.07, 6.45) is 7.90. The zero-order chi connectivity index (χ0) is 30.6. The number of fused-ring (bicyclic) bond motifs is 7. The van der Waals surface area contributed by atoms with Gasteiger partial charge < -0.3 is 10.2 Å². The number of carbonyl (C=O) groups excluding carboxylic acids is 1. The standard InChI is InChI=1S/C37H50ClNO3/c1-21(9-14-30(40)34(4,5)42)25-15-16-35(6)29-13-11-26-27(37(29,8)31(41)20-36(25,35)7)19-23-17-22-18-24(38)10-12-28(22)39-32(23)33(26,2)3/h10-12,17-18,21,25,27,29-30,40,42H,9,13-16,19-20H2,1-8H3/t21-,25-,27-,29+,30-,35+,36-,37+/m1/s1. The molecule has 0 bridgehead atoms. The van der Waals surface area contributed by atoms with Crippen molar-refractivity contribution in [3.8, 4) is 0 Å². The van der Waals surface area contributed by atoms with Crippen LogP contribution in [0.3, 0.4) is 0 Å². The van der Waals surface area contributed by atoms with Crippen LogP contribution in [0.1, 0.15) is 105 Å². The molecule has 228 valence electrons. The van der Waals surface area contributed by atoms with Crippen LogP contribution in [0.15, 0.2) is 35.9 Å². The summed E-state index contributed by atoms with van der Waals surface area (Å²) in [7, 11) is 0. The van der Waals surface area contributed by atoms with Gasteiger partial charge in [-0.25, -0.2) is 0 Å². The van der Waals surface area contributed by atoms with Crippen LogP contribution in [0.25, 0.3) is 10.9 Å². The maximum atomic E-state index is 14.7. The van der Waals surface area contributed by atoms with Crippen LogP contribution in [0.2, 0.25) is 5.02 Å². The van der Waals surface area contributed by atoms with Crippen LogP contribution in [0, 0.1) is 39.9 Å². The highest BCUT2D eigenvalue weighted by Gasteiger charge is 2.70. The fraction of sp³-hybridized carbons (Fsp3) is 0.676. The van der Waals surface area contributed by atoms with Crippen LogP contribution in [-0.2, 0) is 16.6 Å². The summed E-state index contributed by atoms with van der Waals surface area (Å²) in [5.74, 6) is 1.72. The number of rotatable bonds is 5. The van der Waals surface area contributed by atoms with Gasteiger partial charge in [0.1, 0.15) is 5.78 Å². The Bertz CT molecular complexity index is 1470. The number of allylic oxidation sites excluding steroid dienone is 2. The largest absolute Gasteiger partial charge is 0.390 e. The average Bonchev–Trinajstić information content (AvgIpc) is 3.16. The van der Waals surface area contributed by atoms with E-state index < -0.39 is 17.1 Å². The Morgan fingerprint density at radius 2 is 1.81 bits per heavy atom. The number of benzene rings is 1. The molecule has 2 aromatic rings. The van der Waals surface area contributed by atoms with E-state index in [1.807, 2.05) is 18.2 Å². The maximum Gasteiger partial charge on any atom is 0.140 e. The molecule has 2 saturated carbocycles. The average molecular weight is 592 g/mol. The van der Waals surface area contributed by atoms with Crippen molar-refractivity contribution in [3.63, 3.8) is 0 Å². The Hall–Kier alpha value is -1.75. The van der Waals surface area contributed by atoms with Gasteiger partial charge in [-0.1, -0.05) is 64.8 Å². The van der Waals surface area contributed by atoms with Gasteiger partial charge in [0.05, 0.1) is 22.9 Å². The van der Waals surface area contributed by atoms with Gasteiger partial charge in [-0.3, -0.25) is 9.78 Å². The Kier molecular flexibility index (Phi) is 6.94. The maximum absolute atomic E-state index is 14.7. The number of pyridine rings is 1. The summed E-state index contributed by atoms with van der Waals surface area (Å²) in [5.41, 5.74) is 3.02. The van der Waals surface area contributed by atoms with E-state index in [0.29, 0.717) is 36.4 Å². The van der Waals surface area contributed by atoms with Crippen molar-refractivity contribution < 1.29 is 15.0 Å². The molecule has 6 rings (SSSR count). The van der Waals surface area contributed by atoms with Gasteiger partial charge in [0.2, 0.25) is 0 Å². The lowest BCUT2D eigenvalue weighted by molar-refractivity contribution is -0.168. The third kappa shape index (κ3) is 4.14. The molecule has 0 unspecified atom stereocenters. The Labute approximate surface area is 257 Å². The summed E-state index contributed by atoms with van der Waals surface area (Å²) in [4.78, 5) is 19.9. The van der Waals surface area contributed by atoms with Crippen molar-refractivity contribution in [2.24, 2.45) is 39.9 Å². The number of halogens is 1. The minimum absolute atomic E-state index is 0.0606. The predicted octanol–water partition coefficient (Wildman–Crippen LogP) is 8.23. The number of Topliss-reactive ketones (excluding diaryl/α,β-unsaturated/α-hetero) is 1. The minimum atomic E-state index is -1.09. The minimum Gasteiger partial charge on any atom is -0.390 e. The van der Waals surface area contributed by atoms with Crippen LogP contribution in [0.5, 0.6) is 0 Å². The van der Waals surface area contributed by atoms with Gasteiger partial charge in [0.25, 0.3) is 0 Å². The molecule has 1 heterocycles. The first-order chi connectivity index (χ1) is 19.4. The highest BCUT2D eigenvalue weighted by atomic mass is 35.5. The molecule has 4 aliphatic carbocycles. The van der Waals surface area contributed by atoms with Crippen molar-refractivity contribution in [1.82, 2.24) is 4.98 Å². The number of nitrogens with zero attached hydrogens (tertiary/aromatic N) is 1. The number of aliphatic hydroxyl groups is 2. The molecule has 0 aliphatic heterocycles. The second-order valence-corrected chi connectivity index (χ2v) is 16.7. The second kappa shape index (κ2) is 9.62. The number of aromatic nitrogens is 1. The van der Waals surface area contributed by atoms with Crippen molar-refractivity contribution in [3.05, 3.63) is 52.2 Å². The van der Waals surface area contributed by atoms with Crippen LogP contribution in [-0.4, -0.2) is 32.7 Å². The number of ketones is 1. The molecule has 4 aliphatic rings. The molecule has 8 atom stereocenters. The molecular formula is C37H50ClNO3. The molecule has 1 aromatic heterocycles. The van der Waals surface area contributed by atoms with Gasteiger partial charge in [0.15, 0.2) is 0 Å². The summed E-state index contributed by atoms with van der Waals surface area (Å²) in [6, 6.07) is 8.22. The fourth-order valence-electron chi connectivity index (χ4n) is 10.6. The molecule has 4 nitrogen and oxygen atoms in total. The highest BCUT2D eigenvalue weighted by molar-refractivity contribution is 6.31. The summed E-state index contributed by atoms with van der Waals surface area (Å²) in [5, 5.41) is 22.6. The van der Waals surface area contributed by atoms with Crippen LogP contribution < -0.4 is 0 Å². The van der Waals surface area contributed by atoms with Gasteiger partial charge in [-0.15, -0.1) is 0 Å². The number of hydrogen-bond acceptors (Lipinski definition) is 4. The smallest absolute Gasteiger partial charge is 0.140 e. The van der Waals surface area contributed by atoms with Crippen molar-refractivity contribution in [2.45, 2.75) is 117 Å². The molecule has 0 saturated heterocycles. The van der Waals surface area contributed by atoms with E-state index in [9.17, 15) is 15.0 Å². The van der Waals surface area contributed by atoms with Crippen LogP contribution in [0.4, 0.5) is 0 Å². The third-order valence-corrected chi connectivity index (χ3v) is 13.6. The molecule has 2 N–H and O–H groups in total. The fourth-order valence-corrected chi connectivity index (χ4v) is 10.7. The van der Waals surface area contributed by atoms with Crippen molar-refractivity contribution in [2.75, 3.05) is 0 Å². The first kappa shape index (κ1) is 30.3. The summed E-state index contributed by atoms with van der Waals surface area (Å²) in [6.45, 7) is 17.5. The van der Waals surface area contributed by atoms with E-state index >= 15 is 0 Å². The zero-order valence-electron chi connectivity index (χ0n) is 26.9. The molecule has 0 spiro atoms. The van der Waals surface area contributed by atoms with Crippen molar-refractivity contribution >= 4 is 28.3 Å². The molecule has 0 radical (unpaired) electrons. The lowest BCUT2D eigenvalue weighted by Gasteiger charge is -2.64. The molecular weight excluding hydrogens is 542 g/mol. The summed E-state index contributed by atoms with van der Waals surface area (Å²) >= 11 is 6.36. The highest BCUT2D eigenvalue weighted by Crippen LogP contribution is 2.73. The number of carbonyl (C=O) groups is 1. The molecule has 0 amide bonds. The molecule has 42 heavy (non-hydrogen) atoms. The topological polar surface area (TPSA) is 70.4 Å². The zero-order valence-corrected chi connectivity index (χ0v) is 27.6. The Morgan fingerprint density at radius 1 is 1.10 bits per heavy atom. The van der Waals surface area contributed by atoms with Gasteiger partial charge in [0, 0.05) is 27.7 Å². The first-order valence-corrected chi connectivity index (χ1v) is 16.6. The van der Waals surface area contributed by atoms with Crippen molar-refractivity contribution in [1.29, 1.82) is 0 Å². The molecule has 2 fully saturated rings. The van der Waals surface area contributed by atoms with Gasteiger partial charge in [-0.2, -0.15) is 0 Å². The first-order valence-electron chi connectivity index (χ1n) is 16.2.